The number of alkyl halides is 1. The maximum Gasteiger partial charge on any atom is 0.348 e. The summed E-state index contributed by atoms with van der Waals surface area (Å²) in [5.74, 6) is -3.55. The van der Waals surface area contributed by atoms with Crippen LogP contribution in [-0.4, -0.2) is 77.4 Å². The summed E-state index contributed by atoms with van der Waals surface area (Å²) in [6.07, 6.45) is -5.97. The molecule has 3 aromatic rings. The van der Waals surface area contributed by atoms with Crippen LogP contribution in [0.5, 0.6) is 0 Å². The standard InChI is InChI=1S/C21H21ClFN5O7/c1-9-3-2-4-10(5-9)6-21(18(30)31,19(32)33)34-7-11-14(29)12(23)17(35-11)28-8-25-13-15(24)26-20(22)27-16(13)28/h2-5,8,11-12,14,17,29H,6-7H2,1H3,(H,30,31)(H,32,33)(H2,24,26,27)/t11-,12+,14-,17-/m1/s1. The molecule has 0 bridgehead atoms. The van der Waals surface area contributed by atoms with E-state index in [-0.39, 0.29) is 22.3 Å². The third-order valence-corrected chi connectivity index (χ3v) is 5.88. The normalized spacial score (nSPS) is 22.5. The number of aliphatic carboxylic acids is 2. The highest BCUT2D eigenvalue weighted by atomic mass is 35.5. The number of imidazole rings is 1. The topological polar surface area (TPSA) is 183 Å². The first-order valence-electron chi connectivity index (χ1n) is 10.3. The number of aromatic nitrogens is 4. The molecule has 3 heterocycles. The van der Waals surface area contributed by atoms with Gasteiger partial charge in [-0.25, -0.2) is 19.0 Å². The Morgan fingerprint density at radius 1 is 1.31 bits per heavy atom. The number of carboxylic acid groups (broad SMARTS) is 2. The molecule has 14 heteroatoms. The Morgan fingerprint density at radius 2 is 2.03 bits per heavy atom. The van der Waals surface area contributed by atoms with Crippen LogP contribution in [0.25, 0.3) is 11.2 Å². The average molecular weight is 510 g/mol. The van der Waals surface area contributed by atoms with Gasteiger partial charge in [-0.1, -0.05) is 29.8 Å². The van der Waals surface area contributed by atoms with Crippen LogP contribution in [0.2, 0.25) is 5.28 Å². The monoisotopic (exact) mass is 509 g/mol. The molecule has 0 radical (unpaired) electrons. The zero-order valence-electron chi connectivity index (χ0n) is 18.2. The minimum Gasteiger partial charge on any atom is -0.479 e. The summed E-state index contributed by atoms with van der Waals surface area (Å²) < 4.78 is 27.1. The zero-order valence-corrected chi connectivity index (χ0v) is 19.0. The number of benzene rings is 1. The highest BCUT2D eigenvalue weighted by molar-refractivity contribution is 6.28. The number of rotatable bonds is 8. The highest BCUT2D eigenvalue weighted by Gasteiger charge is 2.52. The van der Waals surface area contributed by atoms with E-state index in [0.717, 1.165) is 10.1 Å². The van der Waals surface area contributed by atoms with Gasteiger partial charge < -0.3 is 30.5 Å². The Hall–Kier alpha value is -3.39. The Labute approximate surface area is 202 Å². The van der Waals surface area contributed by atoms with Crippen LogP contribution in [0.4, 0.5) is 10.2 Å². The second kappa shape index (κ2) is 9.34. The molecule has 35 heavy (non-hydrogen) atoms. The van der Waals surface area contributed by atoms with Crippen LogP contribution in [0, 0.1) is 6.92 Å². The van der Waals surface area contributed by atoms with E-state index in [1.54, 1.807) is 31.2 Å². The van der Waals surface area contributed by atoms with Crippen LogP contribution < -0.4 is 5.73 Å². The first-order chi connectivity index (χ1) is 16.5. The highest BCUT2D eigenvalue weighted by Crippen LogP contribution is 2.35. The lowest BCUT2D eigenvalue weighted by Gasteiger charge is -2.27. The van der Waals surface area contributed by atoms with Crippen LogP contribution >= 0.6 is 11.6 Å². The van der Waals surface area contributed by atoms with Gasteiger partial charge in [-0.15, -0.1) is 0 Å². The average Bonchev–Trinajstić information content (AvgIpc) is 3.32. The van der Waals surface area contributed by atoms with E-state index in [1.807, 2.05) is 0 Å². The number of nitrogens with two attached hydrogens (primary N) is 1. The Bertz CT molecular complexity index is 1270. The number of fused-ring (bicyclic) bond motifs is 1. The molecular formula is C21H21ClFN5O7. The maximum atomic E-state index is 15.0. The van der Waals surface area contributed by atoms with E-state index >= 15 is 4.39 Å². The van der Waals surface area contributed by atoms with Gasteiger partial charge in [0.25, 0.3) is 5.60 Å². The Morgan fingerprint density at radius 3 is 2.69 bits per heavy atom. The number of aliphatic hydroxyl groups excluding tert-OH is 1. The number of carbonyl (C=O) groups is 2. The molecule has 0 saturated carbocycles. The van der Waals surface area contributed by atoms with Crippen molar-refractivity contribution in [3.05, 3.63) is 47.0 Å². The minimum atomic E-state index is -2.70. The molecule has 4 atom stereocenters. The van der Waals surface area contributed by atoms with Crippen molar-refractivity contribution in [2.24, 2.45) is 0 Å². The lowest BCUT2D eigenvalue weighted by atomic mass is 9.93. The summed E-state index contributed by atoms with van der Waals surface area (Å²) in [7, 11) is 0. The molecule has 186 valence electrons. The molecule has 0 aliphatic carbocycles. The number of ether oxygens (including phenoxy) is 2. The van der Waals surface area contributed by atoms with E-state index in [9.17, 15) is 24.9 Å². The number of nitrogen functional groups attached to an aromatic ring is 1. The van der Waals surface area contributed by atoms with Crippen LogP contribution in [0.3, 0.4) is 0 Å². The number of hydrogen-bond donors (Lipinski definition) is 4. The summed E-state index contributed by atoms with van der Waals surface area (Å²) in [5, 5.41) is 29.7. The van der Waals surface area contributed by atoms with Crippen LogP contribution in [-0.2, 0) is 25.5 Å². The maximum absolute atomic E-state index is 15.0. The van der Waals surface area contributed by atoms with E-state index in [2.05, 4.69) is 15.0 Å². The van der Waals surface area contributed by atoms with Gasteiger partial charge in [0.2, 0.25) is 5.28 Å². The number of aliphatic hydroxyl groups is 1. The van der Waals surface area contributed by atoms with Gasteiger partial charge in [-0.3, -0.25) is 4.57 Å². The lowest BCUT2D eigenvalue weighted by Crippen LogP contribution is -2.52. The molecule has 1 aliphatic heterocycles. The molecular weight excluding hydrogens is 489 g/mol. The summed E-state index contributed by atoms with van der Waals surface area (Å²) in [6.45, 7) is 1.04. The number of hydrogen-bond acceptors (Lipinski definition) is 9. The first kappa shape index (κ1) is 24.7. The summed E-state index contributed by atoms with van der Waals surface area (Å²) in [6, 6.07) is 6.61. The number of carboxylic acids is 2. The molecule has 1 aromatic carbocycles. The van der Waals surface area contributed by atoms with Gasteiger partial charge in [0, 0.05) is 6.42 Å². The van der Waals surface area contributed by atoms with Crippen molar-refractivity contribution in [3.8, 4) is 0 Å². The quantitative estimate of drug-likeness (QED) is 0.252. The number of nitrogens with zero attached hydrogens (tertiary/aromatic N) is 4. The van der Waals surface area contributed by atoms with Crippen molar-refractivity contribution < 1.29 is 38.8 Å². The van der Waals surface area contributed by atoms with E-state index in [1.165, 1.54) is 6.33 Å². The second-order valence-corrected chi connectivity index (χ2v) is 8.45. The van der Waals surface area contributed by atoms with Crippen molar-refractivity contribution in [2.45, 2.75) is 43.6 Å². The lowest BCUT2D eigenvalue weighted by molar-refractivity contribution is -0.190. The molecule has 1 aliphatic rings. The largest absolute Gasteiger partial charge is 0.479 e. The van der Waals surface area contributed by atoms with Crippen molar-refractivity contribution >= 4 is 40.5 Å². The van der Waals surface area contributed by atoms with E-state index < -0.39 is 55.2 Å². The van der Waals surface area contributed by atoms with Gasteiger partial charge in [-0.05, 0) is 24.1 Å². The predicted molar refractivity (Wildman–Crippen MR) is 118 cm³/mol. The van der Waals surface area contributed by atoms with Gasteiger partial charge in [0.15, 0.2) is 23.9 Å². The second-order valence-electron chi connectivity index (χ2n) is 8.12. The number of halogens is 2. The fourth-order valence-corrected chi connectivity index (χ4v) is 4.08. The van der Waals surface area contributed by atoms with Crippen molar-refractivity contribution in [1.29, 1.82) is 0 Å². The van der Waals surface area contributed by atoms with Gasteiger partial charge in [0.1, 0.15) is 17.7 Å². The zero-order chi connectivity index (χ0) is 25.5. The van der Waals surface area contributed by atoms with E-state index in [0.29, 0.717) is 5.56 Å². The van der Waals surface area contributed by atoms with Crippen LogP contribution in [0.1, 0.15) is 17.4 Å². The molecule has 12 nitrogen and oxygen atoms in total. The molecule has 0 unspecified atom stereocenters. The van der Waals surface area contributed by atoms with Crippen molar-refractivity contribution in [2.75, 3.05) is 12.3 Å². The Balaban J connectivity index is 1.57. The van der Waals surface area contributed by atoms with Gasteiger partial charge in [-0.2, -0.15) is 9.97 Å². The summed E-state index contributed by atoms with van der Waals surface area (Å²) in [4.78, 5) is 35.8. The third kappa shape index (κ3) is 4.50. The summed E-state index contributed by atoms with van der Waals surface area (Å²) in [5.41, 5.74) is 4.44. The molecule has 4 rings (SSSR count). The van der Waals surface area contributed by atoms with E-state index in [4.69, 9.17) is 26.8 Å². The van der Waals surface area contributed by atoms with Crippen molar-refractivity contribution in [1.82, 2.24) is 19.5 Å². The summed E-state index contributed by atoms with van der Waals surface area (Å²) >= 11 is 5.83. The Kier molecular flexibility index (Phi) is 6.60. The molecule has 5 N–H and O–H groups in total. The van der Waals surface area contributed by atoms with Crippen LogP contribution in [0.15, 0.2) is 30.6 Å². The predicted octanol–water partition coefficient (Wildman–Crippen LogP) is 1.13. The molecule has 1 fully saturated rings. The van der Waals surface area contributed by atoms with Gasteiger partial charge in [0.05, 0.1) is 12.9 Å². The SMILES string of the molecule is Cc1cccc(CC(OC[C@H]2O[C@@H](n3cnc4c(N)nc(Cl)nc43)[C@@H](F)[C@@H]2O)(C(=O)O)C(=O)O)c1. The molecule has 2 aromatic heterocycles. The minimum absolute atomic E-state index is 0.0450. The smallest absolute Gasteiger partial charge is 0.348 e. The number of anilines is 1. The van der Waals surface area contributed by atoms with Gasteiger partial charge >= 0.3 is 11.9 Å². The first-order valence-corrected chi connectivity index (χ1v) is 10.7. The fraction of sp³-hybridized carbons (Fsp3) is 0.381. The van der Waals surface area contributed by atoms with Crippen molar-refractivity contribution in [3.63, 3.8) is 0 Å². The molecule has 0 amide bonds. The fourth-order valence-electron chi connectivity index (χ4n) is 3.91. The third-order valence-electron chi connectivity index (χ3n) is 5.71. The molecule has 1 saturated heterocycles. The number of aryl methyl sites for hydroxylation is 1. The molecule has 0 spiro atoms.